The van der Waals surface area contributed by atoms with Crippen molar-refractivity contribution in [3.05, 3.63) is 5.82 Å². The zero-order valence-corrected chi connectivity index (χ0v) is 8.15. The summed E-state index contributed by atoms with van der Waals surface area (Å²) in [4.78, 5) is 16.7. The number of anilines is 1. The first-order valence-electron chi connectivity index (χ1n) is 4.07. The van der Waals surface area contributed by atoms with E-state index < -0.39 is 0 Å². The summed E-state index contributed by atoms with van der Waals surface area (Å²) in [6.07, 6.45) is 0. The van der Waals surface area contributed by atoms with Crippen LogP contribution in [0.15, 0.2) is 0 Å². The van der Waals surface area contributed by atoms with Gasteiger partial charge in [0, 0.05) is 20.7 Å². The van der Waals surface area contributed by atoms with E-state index in [0.29, 0.717) is 13.2 Å². The lowest BCUT2D eigenvalue weighted by Crippen LogP contribution is -2.30. The second-order valence-corrected chi connectivity index (χ2v) is 2.76. The first kappa shape index (κ1) is 10.5. The van der Waals surface area contributed by atoms with Crippen LogP contribution in [0.1, 0.15) is 10.6 Å². The molecule has 7 heteroatoms. The highest BCUT2D eigenvalue weighted by Gasteiger charge is 2.14. The van der Waals surface area contributed by atoms with E-state index in [1.165, 1.54) is 4.90 Å². The fourth-order valence-electron chi connectivity index (χ4n) is 0.881. The monoisotopic (exact) mass is 199 g/mol. The standard InChI is InChI=1S/C7H13N5O2/c1-12(3-4-14-2)6(13)5-9-7(8)11-10-5/h3-4H2,1-2H3,(H3,8,9,10,11). The van der Waals surface area contributed by atoms with Crippen molar-refractivity contribution in [2.75, 3.05) is 33.0 Å². The molecule has 0 spiro atoms. The number of carbonyl (C=O) groups is 1. The van der Waals surface area contributed by atoms with Crippen molar-refractivity contribution in [3.8, 4) is 0 Å². The van der Waals surface area contributed by atoms with Crippen LogP contribution >= 0.6 is 0 Å². The smallest absolute Gasteiger partial charge is 0.291 e. The van der Waals surface area contributed by atoms with Crippen LogP contribution in [-0.4, -0.2) is 53.3 Å². The van der Waals surface area contributed by atoms with Crippen LogP contribution in [0.25, 0.3) is 0 Å². The van der Waals surface area contributed by atoms with Crippen LogP contribution in [-0.2, 0) is 4.74 Å². The van der Waals surface area contributed by atoms with Gasteiger partial charge in [-0.15, -0.1) is 5.10 Å². The summed E-state index contributed by atoms with van der Waals surface area (Å²) >= 11 is 0. The van der Waals surface area contributed by atoms with E-state index in [1.807, 2.05) is 0 Å². The van der Waals surface area contributed by atoms with E-state index in [1.54, 1.807) is 14.2 Å². The lowest BCUT2D eigenvalue weighted by molar-refractivity contribution is 0.0733. The van der Waals surface area contributed by atoms with Crippen LogP contribution in [0.3, 0.4) is 0 Å². The van der Waals surface area contributed by atoms with Crippen LogP contribution in [0.5, 0.6) is 0 Å². The van der Waals surface area contributed by atoms with Gasteiger partial charge in [-0.25, -0.2) is 0 Å². The quantitative estimate of drug-likeness (QED) is 0.655. The van der Waals surface area contributed by atoms with E-state index in [9.17, 15) is 4.79 Å². The molecule has 0 aliphatic rings. The Kier molecular flexibility index (Phi) is 3.41. The zero-order chi connectivity index (χ0) is 10.6. The molecule has 1 aromatic heterocycles. The van der Waals surface area contributed by atoms with Crippen molar-refractivity contribution in [2.45, 2.75) is 0 Å². The Labute approximate surface area is 81.2 Å². The maximum atomic E-state index is 11.5. The van der Waals surface area contributed by atoms with Crippen LogP contribution in [0.4, 0.5) is 5.95 Å². The summed E-state index contributed by atoms with van der Waals surface area (Å²) in [6, 6.07) is 0. The largest absolute Gasteiger partial charge is 0.383 e. The number of hydrogen-bond donors (Lipinski definition) is 2. The van der Waals surface area contributed by atoms with Crippen LogP contribution in [0, 0.1) is 0 Å². The molecule has 0 saturated carbocycles. The van der Waals surface area contributed by atoms with E-state index in [0.717, 1.165) is 0 Å². The molecule has 0 unspecified atom stereocenters. The maximum absolute atomic E-state index is 11.5. The number of aromatic amines is 1. The Bertz CT molecular complexity index is 311. The van der Waals surface area contributed by atoms with Gasteiger partial charge in [0.2, 0.25) is 11.8 Å². The summed E-state index contributed by atoms with van der Waals surface area (Å²) in [6.45, 7) is 0.974. The molecule has 0 atom stereocenters. The second kappa shape index (κ2) is 4.56. The van der Waals surface area contributed by atoms with Gasteiger partial charge in [-0.1, -0.05) is 0 Å². The molecule has 0 radical (unpaired) electrons. The van der Waals surface area contributed by atoms with Gasteiger partial charge >= 0.3 is 0 Å². The van der Waals surface area contributed by atoms with Gasteiger partial charge in [0.25, 0.3) is 5.91 Å². The number of H-pyrrole nitrogens is 1. The van der Waals surface area contributed by atoms with Gasteiger partial charge in [-0.05, 0) is 0 Å². The molecular formula is C7H13N5O2. The Balaban J connectivity index is 2.56. The molecule has 0 aliphatic carbocycles. The number of nitrogens with zero attached hydrogens (tertiary/aromatic N) is 3. The van der Waals surface area contributed by atoms with Gasteiger partial charge in [-0.2, -0.15) is 4.98 Å². The third kappa shape index (κ3) is 2.43. The minimum atomic E-state index is -0.258. The predicted molar refractivity (Wildman–Crippen MR) is 49.6 cm³/mol. The third-order valence-corrected chi connectivity index (χ3v) is 1.68. The summed E-state index contributed by atoms with van der Waals surface area (Å²) in [5.74, 6) is -0.0548. The molecule has 1 aromatic rings. The molecule has 1 rings (SSSR count). The molecule has 78 valence electrons. The minimum absolute atomic E-state index is 0.0634. The van der Waals surface area contributed by atoms with Crippen molar-refractivity contribution in [3.63, 3.8) is 0 Å². The van der Waals surface area contributed by atoms with Crippen molar-refractivity contribution in [1.82, 2.24) is 20.1 Å². The Morgan fingerprint density at radius 1 is 1.71 bits per heavy atom. The molecule has 7 nitrogen and oxygen atoms in total. The Hall–Kier alpha value is -1.63. The predicted octanol–water partition coefficient (Wildman–Crippen LogP) is -0.895. The van der Waals surface area contributed by atoms with Crippen molar-refractivity contribution in [2.24, 2.45) is 0 Å². The average molecular weight is 199 g/mol. The van der Waals surface area contributed by atoms with Gasteiger partial charge in [0.1, 0.15) is 0 Å². The molecule has 1 amide bonds. The average Bonchev–Trinajstić information content (AvgIpc) is 2.60. The van der Waals surface area contributed by atoms with Gasteiger partial charge in [0.05, 0.1) is 6.61 Å². The number of hydrogen-bond acceptors (Lipinski definition) is 5. The highest BCUT2D eigenvalue weighted by atomic mass is 16.5. The molecule has 0 aromatic carbocycles. The molecule has 0 aliphatic heterocycles. The first-order valence-corrected chi connectivity index (χ1v) is 4.07. The van der Waals surface area contributed by atoms with Crippen LogP contribution in [0.2, 0.25) is 0 Å². The lowest BCUT2D eigenvalue weighted by Gasteiger charge is -2.14. The van der Waals surface area contributed by atoms with E-state index in [2.05, 4.69) is 15.2 Å². The molecule has 3 N–H and O–H groups in total. The van der Waals surface area contributed by atoms with E-state index in [-0.39, 0.29) is 17.7 Å². The number of aromatic nitrogens is 3. The number of likely N-dealkylation sites (N-methyl/N-ethyl adjacent to an activating group) is 1. The highest BCUT2D eigenvalue weighted by molar-refractivity contribution is 5.90. The molecule has 0 saturated heterocycles. The molecule has 0 fully saturated rings. The summed E-state index contributed by atoms with van der Waals surface area (Å²) in [5, 5.41) is 6.01. The van der Waals surface area contributed by atoms with Gasteiger partial charge in [-0.3, -0.25) is 9.89 Å². The van der Waals surface area contributed by atoms with Crippen molar-refractivity contribution < 1.29 is 9.53 Å². The second-order valence-electron chi connectivity index (χ2n) is 2.76. The lowest BCUT2D eigenvalue weighted by atomic mass is 10.5. The summed E-state index contributed by atoms with van der Waals surface area (Å²) in [7, 11) is 3.23. The summed E-state index contributed by atoms with van der Waals surface area (Å²) < 4.78 is 4.84. The number of rotatable bonds is 4. The van der Waals surface area contributed by atoms with Gasteiger partial charge in [0.15, 0.2) is 0 Å². The number of carbonyl (C=O) groups excluding carboxylic acids is 1. The molecule has 14 heavy (non-hydrogen) atoms. The van der Waals surface area contributed by atoms with Crippen LogP contribution < -0.4 is 5.73 Å². The molecule has 1 heterocycles. The highest BCUT2D eigenvalue weighted by Crippen LogP contribution is 1.97. The Morgan fingerprint density at radius 2 is 2.43 bits per heavy atom. The van der Waals surface area contributed by atoms with Crippen molar-refractivity contribution in [1.29, 1.82) is 0 Å². The maximum Gasteiger partial charge on any atom is 0.291 e. The number of nitrogen functional groups attached to an aromatic ring is 1. The van der Waals surface area contributed by atoms with E-state index >= 15 is 0 Å². The van der Waals surface area contributed by atoms with Crippen molar-refractivity contribution >= 4 is 11.9 Å². The van der Waals surface area contributed by atoms with Gasteiger partial charge < -0.3 is 15.4 Å². The fraction of sp³-hybridized carbons (Fsp3) is 0.571. The SMILES string of the molecule is COCCN(C)C(=O)c1nc(N)n[nH]1. The number of nitrogens with two attached hydrogens (primary N) is 1. The zero-order valence-electron chi connectivity index (χ0n) is 8.15. The minimum Gasteiger partial charge on any atom is -0.383 e. The number of nitrogens with one attached hydrogen (secondary N) is 1. The Morgan fingerprint density at radius 3 is 2.93 bits per heavy atom. The normalized spacial score (nSPS) is 10.1. The van der Waals surface area contributed by atoms with E-state index in [4.69, 9.17) is 10.5 Å². The fourth-order valence-corrected chi connectivity index (χ4v) is 0.881. The number of methoxy groups -OCH3 is 1. The third-order valence-electron chi connectivity index (χ3n) is 1.68. The molecular weight excluding hydrogens is 186 g/mol. The number of amides is 1. The number of ether oxygens (including phenoxy) is 1. The first-order chi connectivity index (χ1) is 6.65. The topological polar surface area (TPSA) is 97.1 Å². The summed E-state index contributed by atoms with van der Waals surface area (Å²) in [5.41, 5.74) is 5.27. The molecule has 0 bridgehead atoms.